The minimum Gasteiger partial charge on any atom is -0.326 e. The third kappa shape index (κ3) is 3.52. The normalized spacial score (nSPS) is 11.7. The molecule has 0 unspecified atom stereocenters. The molecule has 0 aliphatic rings. The van der Waals surface area contributed by atoms with Crippen molar-refractivity contribution in [3.8, 4) is 0 Å². The zero-order valence-electron chi connectivity index (χ0n) is 10.2. The molecular formula is C14H11F4NS. The fourth-order valence-corrected chi connectivity index (χ4v) is 2.60. The van der Waals surface area contributed by atoms with Gasteiger partial charge in [0.25, 0.3) is 0 Å². The Bertz CT molecular complexity index is 593. The van der Waals surface area contributed by atoms with Crippen LogP contribution in [0.3, 0.4) is 0 Å². The molecule has 2 aromatic carbocycles. The predicted molar refractivity (Wildman–Crippen MR) is 69.9 cm³/mol. The van der Waals surface area contributed by atoms with Gasteiger partial charge in [-0.15, -0.1) is 0 Å². The minimum absolute atomic E-state index is 0.0459. The average Bonchev–Trinajstić information content (AvgIpc) is 2.40. The number of rotatable bonds is 3. The van der Waals surface area contributed by atoms with Gasteiger partial charge in [0.15, 0.2) is 0 Å². The van der Waals surface area contributed by atoms with Crippen molar-refractivity contribution >= 4 is 11.8 Å². The standard InChI is InChI=1S/C14H11F4NS/c15-10-1-3-11(4-2-10)20-12-5-6-13(14(16,17)18)9(7-12)8-19/h1-7H,8,19H2. The van der Waals surface area contributed by atoms with Crippen LogP contribution < -0.4 is 5.73 Å². The van der Waals surface area contributed by atoms with Crippen molar-refractivity contribution in [3.63, 3.8) is 0 Å². The van der Waals surface area contributed by atoms with Gasteiger partial charge in [0, 0.05) is 16.3 Å². The molecule has 2 rings (SSSR count). The van der Waals surface area contributed by atoms with Crippen molar-refractivity contribution in [1.29, 1.82) is 0 Å². The number of nitrogens with two attached hydrogens (primary N) is 1. The molecule has 2 aromatic rings. The van der Waals surface area contributed by atoms with E-state index in [0.29, 0.717) is 4.90 Å². The van der Waals surface area contributed by atoms with Gasteiger partial charge in [-0.05, 0) is 48.0 Å². The maximum absolute atomic E-state index is 12.8. The summed E-state index contributed by atoms with van der Waals surface area (Å²) in [6.45, 7) is -0.188. The number of halogens is 4. The smallest absolute Gasteiger partial charge is 0.326 e. The highest BCUT2D eigenvalue weighted by Crippen LogP contribution is 2.35. The van der Waals surface area contributed by atoms with Crippen molar-refractivity contribution in [2.45, 2.75) is 22.5 Å². The highest BCUT2D eigenvalue weighted by atomic mass is 32.2. The molecule has 0 aliphatic carbocycles. The summed E-state index contributed by atoms with van der Waals surface area (Å²) in [5, 5.41) is 0. The predicted octanol–water partition coefficient (Wildman–Crippen LogP) is 4.45. The molecule has 0 saturated carbocycles. The first-order chi connectivity index (χ1) is 9.40. The molecule has 1 nitrogen and oxygen atoms in total. The number of alkyl halides is 3. The Morgan fingerprint density at radius 3 is 2.10 bits per heavy atom. The van der Waals surface area contributed by atoms with Crippen LogP contribution in [0.25, 0.3) is 0 Å². The molecule has 0 bridgehead atoms. The first kappa shape index (κ1) is 14.9. The number of hydrogen-bond donors (Lipinski definition) is 1. The van der Waals surface area contributed by atoms with Gasteiger partial charge in [0.2, 0.25) is 0 Å². The van der Waals surface area contributed by atoms with Crippen molar-refractivity contribution in [2.24, 2.45) is 5.73 Å². The van der Waals surface area contributed by atoms with Crippen LogP contribution in [0.4, 0.5) is 17.6 Å². The molecular weight excluding hydrogens is 290 g/mol. The number of hydrogen-bond acceptors (Lipinski definition) is 2. The van der Waals surface area contributed by atoms with Crippen LogP contribution in [0.15, 0.2) is 52.3 Å². The molecule has 0 atom stereocenters. The summed E-state index contributed by atoms with van der Waals surface area (Å²) >= 11 is 1.26. The second-order valence-electron chi connectivity index (χ2n) is 4.08. The first-order valence-corrected chi connectivity index (χ1v) is 6.55. The summed E-state index contributed by atoms with van der Waals surface area (Å²) in [5.41, 5.74) is 4.70. The Kier molecular flexibility index (Phi) is 4.35. The van der Waals surface area contributed by atoms with Crippen LogP contribution in [0.2, 0.25) is 0 Å². The van der Waals surface area contributed by atoms with E-state index >= 15 is 0 Å². The third-order valence-electron chi connectivity index (χ3n) is 2.65. The molecule has 0 radical (unpaired) electrons. The topological polar surface area (TPSA) is 26.0 Å². The molecule has 0 heterocycles. The van der Waals surface area contributed by atoms with Crippen LogP contribution in [-0.2, 0) is 12.7 Å². The lowest BCUT2D eigenvalue weighted by Crippen LogP contribution is -2.11. The second-order valence-corrected chi connectivity index (χ2v) is 5.22. The van der Waals surface area contributed by atoms with E-state index in [1.165, 1.54) is 36.0 Å². The van der Waals surface area contributed by atoms with Crippen molar-refractivity contribution in [3.05, 3.63) is 59.4 Å². The monoisotopic (exact) mass is 301 g/mol. The Hall–Kier alpha value is -1.53. The molecule has 0 aromatic heterocycles. The third-order valence-corrected chi connectivity index (χ3v) is 3.65. The van der Waals surface area contributed by atoms with E-state index in [-0.39, 0.29) is 17.9 Å². The molecule has 0 amide bonds. The van der Waals surface area contributed by atoms with Gasteiger partial charge in [-0.1, -0.05) is 11.8 Å². The van der Waals surface area contributed by atoms with Crippen LogP contribution in [-0.4, -0.2) is 0 Å². The maximum atomic E-state index is 12.8. The van der Waals surface area contributed by atoms with E-state index in [2.05, 4.69) is 0 Å². The van der Waals surface area contributed by atoms with E-state index in [0.717, 1.165) is 11.0 Å². The van der Waals surface area contributed by atoms with Crippen LogP contribution >= 0.6 is 11.8 Å². The number of benzene rings is 2. The van der Waals surface area contributed by atoms with E-state index < -0.39 is 11.7 Å². The molecule has 0 spiro atoms. The van der Waals surface area contributed by atoms with Gasteiger partial charge in [-0.2, -0.15) is 13.2 Å². The van der Waals surface area contributed by atoms with E-state index in [1.807, 2.05) is 0 Å². The Morgan fingerprint density at radius 2 is 1.55 bits per heavy atom. The van der Waals surface area contributed by atoms with E-state index in [4.69, 9.17) is 5.73 Å². The zero-order chi connectivity index (χ0) is 14.8. The summed E-state index contributed by atoms with van der Waals surface area (Å²) in [5.74, 6) is -0.357. The SMILES string of the molecule is NCc1cc(Sc2ccc(F)cc2)ccc1C(F)(F)F. The summed E-state index contributed by atoms with van der Waals surface area (Å²) in [6, 6.07) is 9.56. The summed E-state index contributed by atoms with van der Waals surface area (Å²) in [6.07, 6.45) is -4.41. The highest BCUT2D eigenvalue weighted by Gasteiger charge is 2.32. The Labute approximate surface area is 117 Å². The average molecular weight is 301 g/mol. The summed E-state index contributed by atoms with van der Waals surface area (Å²) in [4.78, 5) is 1.37. The lowest BCUT2D eigenvalue weighted by atomic mass is 10.1. The van der Waals surface area contributed by atoms with E-state index in [1.54, 1.807) is 12.1 Å². The Balaban J connectivity index is 2.28. The quantitative estimate of drug-likeness (QED) is 0.847. The van der Waals surface area contributed by atoms with Gasteiger partial charge < -0.3 is 5.73 Å². The van der Waals surface area contributed by atoms with Crippen LogP contribution in [0.1, 0.15) is 11.1 Å². The van der Waals surface area contributed by atoms with Crippen molar-refractivity contribution in [1.82, 2.24) is 0 Å². The molecule has 0 fully saturated rings. The van der Waals surface area contributed by atoms with E-state index in [9.17, 15) is 17.6 Å². The van der Waals surface area contributed by atoms with Crippen molar-refractivity contribution in [2.75, 3.05) is 0 Å². The lowest BCUT2D eigenvalue weighted by Gasteiger charge is -2.13. The maximum Gasteiger partial charge on any atom is 0.416 e. The second kappa shape index (κ2) is 5.85. The van der Waals surface area contributed by atoms with Gasteiger partial charge in [-0.25, -0.2) is 4.39 Å². The van der Waals surface area contributed by atoms with Gasteiger partial charge >= 0.3 is 6.18 Å². The van der Waals surface area contributed by atoms with Gasteiger partial charge in [0.1, 0.15) is 5.82 Å². The Morgan fingerprint density at radius 1 is 0.950 bits per heavy atom. The highest BCUT2D eigenvalue weighted by molar-refractivity contribution is 7.99. The zero-order valence-corrected chi connectivity index (χ0v) is 11.1. The molecule has 106 valence electrons. The summed E-state index contributed by atoms with van der Waals surface area (Å²) < 4.78 is 51.0. The lowest BCUT2D eigenvalue weighted by molar-refractivity contribution is -0.138. The van der Waals surface area contributed by atoms with Crippen LogP contribution in [0, 0.1) is 5.82 Å². The van der Waals surface area contributed by atoms with Gasteiger partial charge in [0.05, 0.1) is 5.56 Å². The summed E-state index contributed by atoms with van der Waals surface area (Å²) in [7, 11) is 0. The fourth-order valence-electron chi connectivity index (χ4n) is 1.72. The molecule has 0 aliphatic heterocycles. The van der Waals surface area contributed by atoms with Gasteiger partial charge in [-0.3, -0.25) is 0 Å². The first-order valence-electron chi connectivity index (χ1n) is 5.74. The fraction of sp³-hybridized carbons (Fsp3) is 0.143. The van der Waals surface area contributed by atoms with Crippen molar-refractivity contribution < 1.29 is 17.6 Å². The molecule has 0 saturated heterocycles. The minimum atomic E-state index is -4.41. The largest absolute Gasteiger partial charge is 0.416 e. The molecule has 20 heavy (non-hydrogen) atoms. The molecule has 2 N–H and O–H groups in total. The van der Waals surface area contributed by atoms with Crippen LogP contribution in [0.5, 0.6) is 0 Å². The molecule has 6 heteroatoms.